The molecule has 2 heterocycles. The van der Waals surface area contributed by atoms with Crippen molar-refractivity contribution in [1.29, 1.82) is 0 Å². The van der Waals surface area contributed by atoms with Crippen LogP contribution in [0.25, 0.3) is 0 Å². The van der Waals surface area contributed by atoms with Gasteiger partial charge in [-0.05, 0) is 37.7 Å². The summed E-state index contributed by atoms with van der Waals surface area (Å²) >= 11 is 0. The van der Waals surface area contributed by atoms with Crippen LogP contribution in [0.4, 0.5) is 0 Å². The molecule has 1 aromatic rings. The van der Waals surface area contributed by atoms with Crippen LogP contribution in [-0.4, -0.2) is 41.0 Å². The predicted molar refractivity (Wildman–Crippen MR) is 99.4 cm³/mol. The Kier molecular flexibility index (Phi) is 6.40. The zero-order valence-electron chi connectivity index (χ0n) is 13.5. The fraction of sp³-hybridized carbons (Fsp3) is 0.688. The van der Waals surface area contributed by atoms with E-state index in [-0.39, 0.29) is 24.0 Å². The third kappa shape index (κ3) is 4.08. The van der Waals surface area contributed by atoms with Gasteiger partial charge in [0.1, 0.15) is 5.82 Å². The van der Waals surface area contributed by atoms with E-state index in [2.05, 4.69) is 25.2 Å². The van der Waals surface area contributed by atoms with Gasteiger partial charge in [-0.3, -0.25) is 4.99 Å². The molecule has 1 saturated heterocycles. The number of hydrogen-bond donors (Lipinski definition) is 1. The molecule has 5 nitrogen and oxygen atoms in total. The summed E-state index contributed by atoms with van der Waals surface area (Å²) in [6.07, 6.45) is 7.40. The van der Waals surface area contributed by atoms with Crippen molar-refractivity contribution in [3.63, 3.8) is 0 Å². The molecule has 2 unspecified atom stereocenters. The van der Waals surface area contributed by atoms with Crippen molar-refractivity contribution in [2.24, 2.45) is 16.8 Å². The number of nitrogens with one attached hydrogen (secondary N) is 1. The first kappa shape index (κ1) is 17.4. The third-order valence-electron chi connectivity index (χ3n) is 4.75. The molecular formula is C16H26IN5. The highest BCUT2D eigenvalue weighted by atomic mass is 127. The molecule has 0 spiro atoms. The monoisotopic (exact) mass is 415 g/mol. The summed E-state index contributed by atoms with van der Waals surface area (Å²) in [6.45, 7) is 4.95. The number of likely N-dealkylation sites (tertiary alicyclic amines) is 1. The lowest BCUT2D eigenvalue weighted by Gasteiger charge is -2.22. The summed E-state index contributed by atoms with van der Waals surface area (Å²) in [7, 11) is 1.87. The van der Waals surface area contributed by atoms with Gasteiger partial charge in [-0.15, -0.1) is 24.0 Å². The number of hydrogen-bond acceptors (Lipinski definition) is 3. The van der Waals surface area contributed by atoms with E-state index in [1.807, 2.05) is 26.2 Å². The predicted octanol–water partition coefficient (Wildman–Crippen LogP) is 2.60. The summed E-state index contributed by atoms with van der Waals surface area (Å²) < 4.78 is 0. The molecule has 3 rings (SSSR count). The van der Waals surface area contributed by atoms with Crippen LogP contribution in [-0.2, 0) is 6.54 Å². The lowest BCUT2D eigenvalue weighted by molar-refractivity contribution is 0.299. The standard InChI is InChI=1S/C16H25N5.HI/c1-12-18-8-7-15(20-12)9-19-16(17-2)21-10-13-5-3-4-6-14(13)11-21;/h7-8,13-14H,3-6,9-11H2,1-2H3,(H,17,19);1H. The molecule has 0 amide bonds. The summed E-state index contributed by atoms with van der Waals surface area (Å²) in [5.74, 6) is 3.58. The van der Waals surface area contributed by atoms with E-state index in [9.17, 15) is 0 Å². The first-order chi connectivity index (χ1) is 10.3. The Morgan fingerprint density at radius 2 is 2.00 bits per heavy atom. The second-order valence-electron chi connectivity index (χ2n) is 6.21. The van der Waals surface area contributed by atoms with Crippen LogP contribution < -0.4 is 5.32 Å². The van der Waals surface area contributed by atoms with Gasteiger partial charge in [-0.1, -0.05) is 12.8 Å². The minimum absolute atomic E-state index is 0. The average molecular weight is 415 g/mol. The number of halogens is 1. The van der Waals surface area contributed by atoms with E-state index in [0.29, 0.717) is 6.54 Å². The van der Waals surface area contributed by atoms with Crippen molar-refractivity contribution in [3.8, 4) is 0 Å². The van der Waals surface area contributed by atoms with E-state index in [0.717, 1.165) is 42.4 Å². The maximum Gasteiger partial charge on any atom is 0.193 e. The van der Waals surface area contributed by atoms with Gasteiger partial charge < -0.3 is 10.2 Å². The van der Waals surface area contributed by atoms with Crippen LogP contribution in [0.5, 0.6) is 0 Å². The number of aromatic nitrogens is 2. The minimum Gasteiger partial charge on any atom is -0.351 e. The molecule has 1 aliphatic carbocycles. The molecule has 22 heavy (non-hydrogen) atoms. The minimum atomic E-state index is 0. The first-order valence-corrected chi connectivity index (χ1v) is 8.00. The maximum absolute atomic E-state index is 4.45. The highest BCUT2D eigenvalue weighted by Gasteiger charge is 2.35. The van der Waals surface area contributed by atoms with Crippen molar-refractivity contribution in [1.82, 2.24) is 20.2 Å². The third-order valence-corrected chi connectivity index (χ3v) is 4.75. The van der Waals surface area contributed by atoms with Gasteiger partial charge in [0.05, 0.1) is 12.2 Å². The van der Waals surface area contributed by atoms with Crippen LogP contribution in [0.15, 0.2) is 17.3 Å². The van der Waals surface area contributed by atoms with Crippen molar-refractivity contribution in [3.05, 3.63) is 23.8 Å². The van der Waals surface area contributed by atoms with E-state index < -0.39 is 0 Å². The highest BCUT2D eigenvalue weighted by Crippen LogP contribution is 2.35. The van der Waals surface area contributed by atoms with Crippen LogP contribution >= 0.6 is 24.0 Å². The van der Waals surface area contributed by atoms with Crippen molar-refractivity contribution in [2.75, 3.05) is 20.1 Å². The second kappa shape index (κ2) is 8.08. The van der Waals surface area contributed by atoms with Crippen LogP contribution in [0.2, 0.25) is 0 Å². The highest BCUT2D eigenvalue weighted by molar-refractivity contribution is 14.0. The number of guanidine groups is 1. The SMILES string of the molecule is CN=C(NCc1ccnc(C)n1)N1CC2CCCCC2C1.I. The molecule has 2 fully saturated rings. The van der Waals surface area contributed by atoms with E-state index in [1.54, 1.807) is 0 Å². The van der Waals surface area contributed by atoms with E-state index in [1.165, 1.54) is 25.7 Å². The Morgan fingerprint density at radius 1 is 1.32 bits per heavy atom. The Morgan fingerprint density at radius 3 is 2.59 bits per heavy atom. The fourth-order valence-electron chi connectivity index (χ4n) is 3.68. The number of fused-ring (bicyclic) bond motifs is 1. The van der Waals surface area contributed by atoms with Gasteiger partial charge >= 0.3 is 0 Å². The number of aryl methyl sites for hydroxylation is 1. The van der Waals surface area contributed by atoms with E-state index >= 15 is 0 Å². The van der Waals surface area contributed by atoms with Crippen LogP contribution in [0.3, 0.4) is 0 Å². The van der Waals surface area contributed by atoms with Gasteiger partial charge in [-0.25, -0.2) is 9.97 Å². The van der Waals surface area contributed by atoms with Crippen LogP contribution in [0, 0.1) is 18.8 Å². The number of nitrogens with zero attached hydrogens (tertiary/aromatic N) is 4. The fourth-order valence-corrected chi connectivity index (χ4v) is 3.68. The lowest BCUT2D eigenvalue weighted by atomic mass is 9.82. The molecular weight excluding hydrogens is 389 g/mol. The molecule has 2 atom stereocenters. The zero-order valence-corrected chi connectivity index (χ0v) is 15.8. The van der Waals surface area contributed by atoms with Gasteiger partial charge in [0, 0.05) is 26.3 Å². The number of aliphatic imine (C=N–C) groups is 1. The molecule has 6 heteroatoms. The van der Waals surface area contributed by atoms with Crippen molar-refractivity contribution in [2.45, 2.75) is 39.2 Å². The summed E-state index contributed by atoms with van der Waals surface area (Å²) in [4.78, 5) is 15.4. The maximum atomic E-state index is 4.45. The van der Waals surface area contributed by atoms with Gasteiger partial charge in [0.15, 0.2) is 5.96 Å². The molecule has 1 aromatic heterocycles. The molecule has 0 aromatic carbocycles. The zero-order chi connectivity index (χ0) is 14.7. The molecule has 2 aliphatic rings. The van der Waals surface area contributed by atoms with E-state index in [4.69, 9.17) is 0 Å². The lowest BCUT2D eigenvalue weighted by Crippen LogP contribution is -2.40. The normalized spacial score (nSPS) is 24.6. The van der Waals surface area contributed by atoms with Gasteiger partial charge in [0.2, 0.25) is 0 Å². The van der Waals surface area contributed by atoms with Crippen LogP contribution in [0.1, 0.15) is 37.2 Å². The number of rotatable bonds is 2. The molecule has 0 bridgehead atoms. The Hall–Kier alpha value is -0.920. The Balaban J connectivity index is 0.00000176. The molecule has 1 saturated carbocycles. The first-order valence-electron chi connectivity index (χ1n) is 8.00. The molecule has 0 radical (unpaired) electrons. The topological polar surface area (TPSA) is 53.4 Å². The summed E-state index contributed by atoms with van der Waals surface area (Å²) in [5.41, 5.74) is 1.01. The molecule has 1 N–H and O–H groups in total. The largest absolute Gasteiger partial charge is 0.351 e. The average Bonchev–Trinajstić information content (AvgIpc) is 2.91. The summed E-state index contributed by atoms with van der Waals surface area (Å²) in [6, 6.07) is 1.96. The molecule has 1 aliphatic heterocycles. The Labute approximate surface area is 150 Å². The second-order valence-corrected chi connectivity index (χ2v) is 6.21. The summed E-state index contributed by atoms with van der Waals surface area (Å²) in [5, 5.41) is 3.45. The van der Waals surface area contributed by atoms with Gasteiger partial charge in [-0.2, -0.15) is 0 Å². The Bertz CT molecular complexity index is 505. The van der Waals surface area contributed by atoms with Crippen molar-refractivity contribution < 1.29 is 0 Å². The van der Waals surface area contributed by atoms with Gasteiger partial charge in [0.25, 0.3) is 0 Å². The quantitative estimate of drug-likeness (QED) is 0.459. The van der Waals surface area contributed by atoms with Crippen molar-refractivity contribution >= 4 is 29.9 Å². The molecule has 122 valence electrons. The smallest absolute Gasteiger partial charge is 0.193 e.